The van der Waals surface area contributed by atoms with Crippen molar-refractivity contribution in [1.82, 2.24) is 14.6 Å². The Morgan fingerprint density at radius 2 is 1.92 bits per heavy atom. The second kappa shape index (κ2) is 6.96. The predicted octanol–water partition coefficient (Wildman–Crippen LogP) is 6.11. The van der Waals surface area contributed by atoms with Crippen LogP contribution < -0.4 is 4.74 Å². The van der Waals surface area contributed by atoms with Crippen LogP contribution in [0.2, 0.25) is 10.0 Å². The van der Waals surface area contributed by atoms with Crippen LogP contribution in [-0.4, -0.2) is 14.6 Å². The number of ether oxygens (including phenoxy) is 1. The van der Waals surface area contributed by atoms with Gasteiger partial charge in [0.25, 0.3) is 0 Å². The number of imidazole rings is 1. The van der Waals surface area contributed by atoms with Gasteiger partial charge >= 0.3 is 0 Å². The van der Waals surface area contributed by atoms with Gasteiger partial charge < -0.3 is 4.74 Å². The average molecular weight is 455 g/mol. The number of hydrogen-bond donors (Lipinski definition) is 0. The van der Waals surface area contributed by atoms with Gasteiger partial charge in [0.1, 0.15) is 12.4 Å². The van der Waals surface area contributed by atoms with E-state index in [0.29, 0.717) is 22.4 Å². The van der Waals surface area contributed by atoms with Gasteiger partial charge in [0.05, 0.1) is 16.9 Å². The summed E-state index contributed by atoms with van der Waals surface area (Å²) in [5.74, 6) is 0.578. The maximum Gasteiger partial charge on any atom is 0.212 e. The molecular weight excluding hydrogens is 445 g/mol. The number of fused-ring (bicyclic) bond motifs is 1. The zero-order chi connectivity index (χ0) is 17.4. The second-order valence-corrected chi connectivity index (χ2v) is 8.02. The van der Waals surface area contributed by atoms with Gasteiger partial charge in [-0.2, -0.15) is 5.10 Å². The standard InChI is InChI=1S/C17H10BrCl2N3OS/c18-11-3-1-10(2-4-11)14-8-23-17(21-14)25-16(22-23)9-24-15-6-5-12(19)7-13(15)20/h1-8H,9H2. The van der Waals surface area contributed by atoms with E-state index in [1.54, 1.807) is 22.7 Å². The second-order valence-electron chi connectivity index (χ2n) is 5.22. The molecule has 2 heterocycles. The molecule has 0 saturated carbocycles. The third-order valence-corrected chi connectivity index (χ3v) is 5.43. The molecule has 126 valence electrons. The molecule has 0 bridgehead atoms. The Morgan fingerprint density at radius 1 is 1.12 bits per heavy atom. The van der Waals surface area contributed by atoms with Crippen LogP contribution in [-0.2, 0) is 6.61 Å². The Hall–Kier alpha value is -1.60. The Labute approximate surface area is 166 Å². The van der Waals surface area contributed by atoms with Crippen molar-refractivity contribution in [3.8, 4) is 17.0 Å². The van der Waals surface area contributed by atoms with Crippen LogP contribution in [0.25, 0.3) is 16.2 Å². The number of nitrogens with zero attached hydrogens (tertiary/aromatic N) is 3. The lowest BCUT2D eigenvalue weighted by molar-refractivity contribution is 0.304. The number of benzene rings is 2. The summed E-state index contributed by atoms with van der Waals surface area (Å²) in [6, 6.07) is 13.2. The van der Waals surface area contributed by atoms with E-state index in [0.717, 1.165) is 25.7 Å². The Bertz CT molecular complexity index is 1010. The fourth-order valence-electron chi connectivity index (χ4n) is 2.29. The van der Waals surface area contributed by atoms with E-state index >= 15 is 0 Å². The molecule has 2 aromatic heterocycles. The normalized spacial score (nSPS) is 11.2. The van der Waals surface area contributed by atoms with Crippen LogP contribution in [0.1, 0.15) is 5.01 Å². The van der Waals surface area contributed by atoms with E-state index in [9.17, 15) is 0 Å². The van der Waals surface area contributed by atoms with Gasteiger partial charge in [0, 0.05) is 15.1 Å². The minimum atomic E-state index is 0.322. The van der Waals surface area contributed by atoms with Crippen molar-refractivity contribution in [2.45, 2.75) is 6.61 Å². The molecule has 2 aromatic carbocycles. The molecule has 0 fully saturated rings. The van der Waals surface area contributed by atoms with E-state index in [1.807, 2.05) is 30.5 Å². The summed E-state index contributed by atoms with van der Waals surface area (Å²) in [4.78, 5) is 5.44. The highest BCUT2D eigenvalue weighted by Crippen LogP contribution is 2.29. The topological polar surface area (TPSA) is 39.4 Å². The fourth-order valence-corrected chi connectivity index (χ4v) is 3.81. The Balaban J connectivity index is 1.52. The summed E-state index contributed by atoms with van der Waals surface area (Å²) in [5.41, 5.74) is 1.94. The average Bonchev–Trinajstić information content (AvgIpc) is 3.13. The highest BCUT2D eigenvalue weighted by molar-refractivity contribution is 9.10. The molecule has 0 aliphatic carbocycles. The molecule has 4 rings (SSSR count). The van der Waals surface area contributed by atoms with Crippen molar-refractivity contribution in [2.75, 3.05) is 0 Å². The first-order valence-corrected chi connectivity index (χ1v) is 9.64. The maximum absolute atomic E-state index is 6.11. The van der Waals surface area contributed by atoms with Gasteiger partial charge in [0.2, 0.25) is 4.96 Å². The summed E-state index contributed by atoms with van der Waals surface area (Å²) >= 11 is 16.9. The lowest BCUT2D eigenvalue weighted by Gasteiger charge is -2.05. The van der Waals surface area contributed by atoms with Gasteiger partial charge in [-0.1, -0.05) is 62.6 Å². The van der Waals surface area contributed by atoms with Crippen molar-refractivity contribution >= 4 is 55.4 Å². The first-order chi connectivity index (χ1) is 12.1. The molecule has 0 unspecified atom stereocenters. The first-order valence-electron chi connectivity index (χ1n) is 7.27. The lowest BCUT2D eigenvalue weighted by atomic mass is 10.2. The number of hydrogen-bond acceptors (Lipinski definition) is 4. The van der Waals surface area contributed by atoms with Crippen molar-refractivity contribution in [2.24, 2.45) is 0 Å². The van der Waals surface area contributed by atoms with E-state index in [4.69, 9.17) is 27.9 Å². The minimum absolute atomic E-state index is 0.322. The Morgan fingerprint density at radius 3 is 2.64 bits per heavy atom. The maximum atomic E-state index is 6.11. The summed E-state index contributed by atoms with van der Waals surface area (Å²) in [7, 11) is 0. The van der Waals surface area contributed by atoms with E-state index in [1.165, 1.54) is 11.3 Å². The number of rotatable bonds is 4. The zero-order valence-electron chi connectivity index (χ0n) is 12.6. The van der Waals surface area contributed by atoms with Gasteiger partial charge in [-0.3, -0.25) is 0 Å². The monoisotopic (exact) mass is 453 g/mol. The van der Waals surface area contributed by atoms with Crippen molar-refractivity contribution in [1.29, 1.82) is 0 Å². The molecular formula is C17H10BrCl2N3OS. The molecule has 0 amide bonds. The summed E-state index contributed by atoms with van der Waals surface area (Å²) in [6.45, 7) is 0.322. The third kappa shape index (κ3) is 3.67. The molecule has 25 heavy (non-hydrogen) atoms. The number of halogens is 3. The summed E-state index contributed by atoms with van der Waals surface area (Å²) in [5, 5.41) is 6.38. The van der Waals surface area contributed by atoms with Crippen LogP contribution in [0.4, 0.5) is 0 Å². The highest BCUT2D eigenvalue weighted by Gasteiger charge is 2.11. The molecule has 4 aromatic rings. The quantitative estimate of drug-likeness (QED) is 0.373. The molecule has 0 saturated heterocycles. The number of aromatic nitrogens is 3. The molecule has 0 spiro atoms. The summed E-state index contributed by atoms with van der Waals surface area (Å²) < 4.78 is 8.52. The first kappa shape index (κ1) is 16.8. The van der Waals surface area contributed by atoms with Crippen molar-refractivity contribution in [3.05, 3.63) is 68.2 Å². The molecule has 0 N–H and O–H groups in total. The summed E-state index contributed by atoms with van der Waals surface area (Å²) in [6.07, 6.45) is 1.91. The van der Waals surface area contributed by atoms with Gasteiger partial charge in [-0.15, -0.1) is 0 Å². The van der Waals surface area contributed by atoms with Crippen LogP contribution in [0.15, 0.2) is 53.1 Å². The molecule has 4 nitrogen and oxygen atoms in total. The molecule has 0 aliphatic rings. The SMILES string of the molecule is Clc1ccc(OCc2nn3cc(-c4ccc(Br)cc4)nc3s2)c(Cl)c1. The van der Waals surface area contributed by atoms with Crippen LogP contribution in [0.3, 0.4) is 0 Å². The van der Waals surface area contributed by atoms with Gasteiger partial charge in [0.15, 0.2) is 5.01 Å². The Kier molecular flexibility index (Phi) is 4.69. The van der Waals surface area contributed by atoms with Crippen molar-refractivity contribution < 1.29 is 4.74 Å². The highest BCUT2D eigenvalue weighted by atomic mass is 79.9. The lowest BCUT2D eigenvalue weighted by Crippen LogP contribution is -1.96. The van der Waals surface area contributed by atoms with Gasteiger partial charge in [-0.05, 0) is 30.3 Å². The van der Waals surface area contributed by atoms with E-state index in [2.05, 4.69) is 26.0 Å². The molecule has 0 radical (unpaired) electrons. The minimum Gasteiger partial charge on any atom is -0.485 e. The van der Waals surface area contributed by atoms with E-state index < -0.39 is 0 Å². The predicted molar refractivity (Wildman–Crippen MR) is 105 cm³/mol. The zero-order valence-corrected chi connectivity index (χ0v) is 16.5. The molecule has 0 atom stereocenters. The largest absolute Gasteiger partial charge is 0.485 e. The van der Waals surface area contributed by atoms with Crippen LogP contribution >= 0.6 is 50.5 Å². The fraction of sp³-hybridized carbons (Fsp3) is 0.0588. The molecule has 8 heteroatoms. The van der Waals surface area contributed by atoms with E-state index in [-0.39, 0.29) is 0 Å². The van der Waals surface area contributed by atoms with Crippen molar-refractivity contribution in [3.63, 3.8) is 0 Å². The van der Waals surface area contributed by atoms with Gasteiger partial charge in [-0.25, -0.2) is 9.50 Å². The van der Waals surface area contributed by atoms with Crippen LogP contribution in [0.5, 0.6) is 5.75 Å². The smallest absolute Gasteiger partial charge is 0.212 e. The van der Waals surface area contributed by atoms with Crippen LogP contribution in [0, 0.1) is 0 Å². The third-order valence-electron chi connectivity index (χ3n) is 3.47. The molecule has 0 aliphatic heterocycles.